The largest absolute Gasteiger partial charge is 0.394 e. The first-order valence-corrected chi connectivity index (χ1v) is 5.56. The Kier molecular flexibility index (Phi) is 2.97. The lowest BCUT2D eigenvalue weighted by molar-refractivity contribution is -0.385. The van der Waals surface area contributed by atoms with Gasteiger partial charge in [0.1, 0.15) is 12.0 Å². The van der Waals surface area contributed by atoms with E-state index in [9.17, 15) is 15.2 Å². The van der Waals surface area contributed by atoms with E-state index in [-0.39, 0.29) is 17.8 Å². The van der Waals surface area contributed by atoms with Crippen molar-refractivity contribution in [1.29, 1.82) is 0 Å². The minimum Gasteiger partial charge on any atom is -0.394 e. The SMILES string of the molecule is Cc1cc(NC2(CO)CCC2)ncc1[N+](=O)[O-]. The summed E-state index contributed by atoms with van der Waals surface area (Å²) in [6.07, 6.45) is 4.14. The molecule has 6 heteroatoms. The summed E-state index contributed by atoms with van der Waals surface area (Å²) in [4.78, 5) is 14.2. The van der Waals surface area contributed by atoms with E-state index < -0.39 is 4.92 Å². The van der Waals surface area contributed by atoms with E-state index in [4.69, 9.17) is 0 Å². The molecule has 0 saturated heterocycles. The van der Waals surface area contributed by atoms with Gasteiger partial charge in [0.15, 0.2) is 0 Å². The molecule has 92 valence electrons. The van der Waals surface area contributed by atoms with Crippen LogP contribution in [0.15, 0.2) is 12.3 Å². The van der Waals surface area contributed by atoms with Crippen LogP contribution in [-0.4, -0.2) is 27.2 Å². The van der Waals surface area contributed by atoms with Crippen LogP contribution in [0.2, 0.25) is 0 Å². The molecular formula is C11H15N3O3. The molecule has 0 spiro atoms. The summed E-state index contributed by atoms with van der Waals surface area (Å²) < 4.78 is 0. The molecule has 1 heterocycles. The van der Waals surface area contributed by atoms with Crippen molar-refractivity contribution in [3.63, 3.8) is 0 Å². The molecule has 1 aromatic heterocycles. The average molecular weight is 237 g/mol. The van der Waals surface area contributed by atoms with Gasteiger partial charge in [0.2, 0.25) is 0 Å². The zero-order chi connectivity index (χ0) is 12.5. The Bertz CT molecular complexity index is 438. The van der Waals surface area contributed by atoms with Crippen LogP contribution in [-0.2, 0) is 0 Å². The minimum atomic E-state index is -0.447. The number of hydrogen-bond donors (Lipinski definition) is 2. The molecule has 0 aromatic carbocycles. The van der Waals surface area contributed by atoms with E-state index in [0.717, 1.165) is 19.3 Å². The predicted octanol–water partition coefficient (Wildman–Crippen LogP) is 1.63. The van der Waals surface area contributed by atoms with Crippen molar-refractivity contribution in [1.82, 2.24) is 4.98 Å². The molecule has 2 N–H and O–H groups in total. The van der Waals surface area contributed by atoms with E-state index in [1.54, 1.807) is 13.0 Å². The lowest BCUT2D eigenvalue weighted by atomic mass is 9.77. The quantitative estimate of drug-likeness (QED) is 0.613. The fourth-order valence-corrected chi connectivity index (χ4v) is 2.01. The monoisotopic (exact) mass is 237 g/mol. The second-order valence-corrected chi connectivity index (χ2v) is 4.53. The third kappa shape index (κ3) is 2.21. The summed E-state index contributed by atoms with van der Waals surface area (Å²) in [7, 11) is 0. The smallest absolute Gasteiger partial charge is 0.290 e. The highest BCUT2D eigenvalue weighted by Gasteiger charge is 2.36. The minimum absolute atomic E-state index is 0.0159. The number of nitrogens with one attached hydrogen (secondary N) is 1. The van der Waals surface area contributed by atoms with Gasteiger partial charge >= 0.3 is 0 Å². The molecule has 1 fully saturated rings. The van der Waals surface area contributed by atoms with Crippen LogP contribution < -0.4 is 5.32 Å². The Balaban J connectivity index is 2.17. The molecule has 1 aliphatic rings. The first kappa shape index (κ1) is 11.8. The Labute approximate surface area is 98.8 Å². The fraction of sp³-hybridized carbons (Fsp3) is 0.545. The van der Waals surface area contributed by atoms with Gasteiger partial charge in [-0.2, -0.15) is 0 Å². The van der Waals surface area contributed by atoms with Crippen molar-refractivity contribution < 1.29 is 10.0 Å². The number of rotatable bonds is 4. The number of hydrogen-bond acceptors (Lipinski definition) is 5. The molecule has 0 bridgehead atoms. The highest BCUT2D eigenvalue weighted by atomic mass is 16.6. The number of aromatic nitrogens is 1. The van der Waals surface area contributed by atoms with Crippen molar-refractivity contribution in [2.75, 3.05) is 11.9 Å². The molecule has 1 aliphatic carbocycles. The number of pyridine rings is 1. The highest BCUT2D eigenvalue weighted by molar-refractivity contribution is 5.48. The fourth-order valence-electron chi connectivity index (χ4n) is 2.01. The van der Waals surface area contributed by atoms with Gasteiger partial charge in [0, 0.05) is 5.56 Å². The molecule has 17 heavy (non-hydrogen) atoms. The van der Waals surface area contributed by atoms with Gasteiger partial charge in [-0.25, -0.2) is 4.98 Å². The number of aliphatic hydroxyl groups is 1. The molecule has 6 nitrogen and oxygen atoms in total. The first-order chi connectivity index (χ1) is 8.06. The van der Waals surface area contributed by atoms with Crippen molar-refractivity contribution in [2.45, 2.75) is 31.7 Å². The summed E-state index contributed by atoms with van der Waals surface area (Å²) in [5.41, 5.74) is 0.303. The lowest BCUT2D eigenvalue weighted by Crippen LogP contribution is -2.48. The summed E-state index contributed by atoms with van der Waals surface area (Å²) in [5, 5.41) is 23.1. The Morgan fingerprint density at radius 2 is 2.35 bits per heavy atom. The van der Waals surface area contributed by atoms with Gasteiger partial charge in [-0.3, -0.25) is 10.1 Å². The van der Waals surface area contributed by atoms with Crippen LogP contribution in [0.5, 0.6) is 0 Å². The normalized spacial score (nSPS) is 17.3. The molecule has 0 aliphatic heterocycles. The topological polar surface area (TPSA) is 88.3 Å². The molecular weight excluding hydrogens is 222 g/mol. The third-order valence-corrected chi connectivity index (χ3v) is 3.29. The molecule has 1 saturated carbocycles. The molecule has 0 amide bonds. The first-order valence-electron chi connectivity index (χ1n) is 5.56. The zero-order valence-corrected chi connectivity index (χ0v) is 9.64. The van der Waals surface area contributed by atoms with E-state index in [2.05, 4.69) is 10.3 Å². The Hall–Kier alpha value is -1.69. The van der Waals surface area contributed by atoms with E-state index in [1.165, 1.54) is 6.20 Å². The van der Waals surface area contributed by atoms with Crippen molar-refractivity contribution in [3.8, 4) is 0 Å². The van der Waals surface area contributed by atoms with Gasteiger partial charge < -0.3 is 10.4 Å². The number of aliphatic hydroxyl groups excluding tert-OH is 1. The molecule has 0 atom stereocenters. The highest BCUT2D eigenvalue weighted by Crippen LogP contribution is 2.34. The Morgan fingerprint density at radius 1 is 1.65 bits per heavy atom. The van der Waals surface area contributed by atoms with Gasteiger partial charge in [-0.05, 0) is 32.3 Å². The zero-order valence-electron chi connectivity index (χ0n) is 9.64. The van der Waals surface area contributed by atoms with Crippen LogP contribution in [0.4, 0.5) is 11.5 Å². The van der Waals surface area contributed by atoms with Crippen molar-refractivity contribution >= 4 is 11.5 Å². The molecule has 0 radical (unpaired) electrons. The Morgan fingerprint density at radius 3 is 2.76 bits per heavy atom. The van der Waals surface area contributed by atoms with Gasteiger partial charge in [0.05, 0.1) is 17.1 Å². The maximum absolute atomic E-state index is 10.6. The third-order valence-electron chi connectivity index (χ3n) is 3.29. The van der Waals surface area contributed by atoms with Gasteiger partial charge in [-0.1, -0.05) is 0 Å². The summed E-state index contributed by atoms with van der Waals surface area (Å²) in [6, 6.07) is 1.65. The number of aryl methyl sites for hydroxylation is 1. The second-order valence-electron chi connectivity index (χ2n) is 4.53. The van der Waals surface area contributed by atoms with E-state index in [0.29, 0.717) is 11.4 Å². The molecule has 2 rings (SSSR count). The van der Waals surface area contributed by atoms with E-state index in [1.807, 2.05) is 0 Å². The van der Waals surface area contributed by atoms with Crippen LogP contribution >= 0.6 is 0 Å². The number of nitro groups is 1. The lowest BCUT2D eigenvalue weighted by Gasteiger charge is -2.41. The van der Waals surface area contributed by atoms with Crippen LogP contribution in [0.3, 0.4) is 0 Å². The second kappa shape index (κ2) is 4.29. The maximum atomic E-state index is 10.6. The van der Waals surface area contributed by atoms with Crippen LogP contribution in [0, 0.1) is 17.0 Å². The summed E-state index contributed by atoms with van der Waals surface area (Å²) in [5.74, 6) is 0.585. The van der Waals surface area contributed by atoms with Gasteiger partial charge in [0.25, 0.3) is 5.69 Å². The summed E-state index contributed by atoms with van der Waals surface area (Å²) >= 11 is 0. The predicted molar refractivity (Wildman–Crippen MR) is 62.9 cm³/mol. The van der Waals surface area contributed by atoms with E-state index >= 15 is 0 Å². The standard InChI is InChI=1S/C11H15N3O3/c1-8-5-10(12-6-9(8)14(16)17)13-11(7-15)3-2-4-11/h5-6,15H,2-4,7H2,1H3,(H,12,13). The van der Waals surface area contributed by atoms with Crippen molar-refractivity contribution in [3.05, 3.63) is 27.9 Å². The van der Waals surface area contributed by atoms with Crippen LogP contribution in [0.25, 0.3) is 0 Å². The van der Waals surface area contributed by atoms with Crippen LogP contribution in [0.1, 0.15) is 24.8 Å². The molecule has 1 aromatic rings. The van der Waals surface area contributed by atoms with Gasteiger partial charge in [-0.15, -0.1) is 0 Å². The number of nitrogens with zero attached hydrogens (tertiary/aromatic N) is 2. The summed E-state index contributed by atoms with van der Waals surface area (Å²) in [6.45, 7) is 1.74. The number of anilines is 1. The maximum Gasteiger partial charge on any atom is 0.290 e. The average Bonchev–Trinajstić information content (AvgIpc) is 2.23. The molecule has 0 unspecified atom stereocenters. The van der Waals surface area contributed by atoms with Crippen molar-refractivity contribution in [2.24, 2.45) is 0 Å².